The molecule has 1 unspecified atom stereocenters. The maximum atomic E-state index is 13.8. The molecule has 2 aromatic carbocycles. The predicted octanol–water partition coefficient (Wildman–Crippen LogP) is 3.63. The third kappa shape index (κ3) is 2.41. The van der Waals surface area contributed by atoms with E-state index in [0.717, 1.165) is 11.1 Å². The number of nitrogens with two attached hydrogens (primary N) is 1. The van der Waals surface area contributed by atoms with Crippen LogP contribution in [0.1, 0.15) is 28.3 Å². The lowest BCUT2D eigenvalue weighted by molar-refractivity contribution is 0.570. The van der Waals surface area contributed by atoms with Crippen LogP contribution in [0.2, 0.25) is 0 Å². The Morgan fingerprint density at radius 1 is 0.944 bits per heavy atom. The van der Waals surface area contributed by atoms with Crippen molar-refractivity contribution in [1.29, 1.82) is 0 Å². The molecule has 0 fully saturated rings. The summed E-state index contributed by atoms with van der Waals surface area (Å²) in [4.78, 5) is 0. The van der Waals surface area contributed by atoms with Gasteiger partial charge in [-0.15, -0.1) is 0 Å². The Morgan fingerprint density at radius 3 is 2.17 bits per heavy atom. The molecule has 0 spiro atoms. The van der Waals surface area contributed by atoms with Gasteiger partial charge in [0.15, 0.2) is 0 Å². The first kappa shape index (κ1) is 12.7. The van der Waals surface area contributed by atoms with Crippen molar-refractivity contribution in [3.63, 3.8) is 0 Å². The molecule has 0 saturated heterocycles. The topological polar surface area (TPSA) is 26.0 Å². The van der Waals surface area contributed by atoms with Crippen molar-refractivity contribution in [1.82, 2.24) is 0 Å². The second kappa shape index (κ2) is 4.86. The normalized spacial score (nSPS) is 12.5. The maximum Gasteiger partial charge on any atom is 0.128 e. The van der Waals surface area contributed by atoms with Gasteiger partial charge in [-0.1, -0.05) is 29.8 Å². The first-order valence-corrected chi connectivity index (χ1v) is 5.76. The van der Waals surface area contributed by atoms with Gasteiger partial charge in [-0.25, -0.2) is 8.78 Å². The number of halogens is 2. The molecule has 18 heavy (non-hydrogen) atoms. The van der Waals surface area contributed by atoms with Gasteiger partial charge in [0.05, 0.1) is 6.04 Å². The highest BCUT2D eigenvalue weighted by atomic mass is 19.1. The highest BCUT2D eigenvalue weighted by molar-refractivity contribution is 5.35. The Kier molecular flexibility index (Phi) is 3.43. The Morgan fingerprint density at radius 2 is 1.56 bits per heavy atom. The summed E-state index contributed by atoms with van der Waals surface area (Å²) < 4.78 is 27.3. The van der Waals surface area contributed by atoms with Gasteiger partial charge < -0.3 is 5.73 Å². The van der Waals surface area contributed by atoms with Gasteiger partial charge in [0.2, 0.25) is 0 Å². The number of aryl methyl sites for hydroxylation is 2. The summed E-state index contributed by atoms with van der Waals surface area (Å²) in [6.07, 6.45) is 0. The molecule has 2 rings (SSSR count). The lowest BCUT2D eigenvalue weighted by Gasteiger charge is -2.14. The zero-order valence-electron chi connectivity index (χ0n) is 10.4. The lowest BCUT2D eigenvalue weighted by atomic mass is 9.97. The first-order valence-electron chi connectivity index (χ1n) is 5.76. The van der Waals surface area contributed by atoms with Crippen LogP contribution in [-0.2, 0) is 0 Å². The van der Waals surface area contributed by atoms with E-state index in [4.69, 9.17) is 5.73 Å². The standard InChI is InChI=1S/C15H15F2N/c1-9-3-5-11(6-4-9)15(18)12-8-13(16)10(2)7-14(12)17/h3-8,15H,18H2,1-2H3. The maximum absolute atomic E-state index is 13.8. The van der Waals surface area contributed by atoms with Crippen LogP contribution in [0, 0.1) is 25.5 Å². The fourth-order valence-electron chi connectivity index (χ4n) is 1.85. The van der Waals surface area contributed by atoms with Crippen molar-refractivity contribution in [2.45, 2.75) is 19.9 Å². The van der Waals surface area contributed by atoms with Crippen molar-refractivity contribution in [2.24, 2.45) is 5.73 Å². The SMILES string of the molecule is Cc1ccc(C(N)c2cc(F)c(C)cc2F)cc1. The fourth-order valence-corrected chi connectivity index (χ4v) is 1.85. The largest absolute Gasteiger partial charge is 0.320 e. The second-order valence-corrected chi connectivity index (χ2v) is 4.51. The molecule has 1 nitrogen and oxygen atoms in total. The van der Waals surface area contributed by atoms with Crippen molar-refractivity contribution in [2.75, 3.05) is 0 Å². The van der Waals surface area contributed by atoms with E-state index in [1.165, 1.54) is 19.1 Å². The molecule has 0 aliphatic heterocycles. The first-order chi connectivity index (χ1) is 8.49. The van der Waals surface area contributed by atoms with Crippen LogP contribution in [0.4, 0.5) is 8.78 Å². The monoisotopic (exact) mass is 247 g/mol. The van der Waals surface area contributed by atoms with Crippen LogP contribution in [0.5, 0.6) is 0 Å². The third-order valence-corrected chi connectivity index (χ3v) is 3.05. The van der Waals surface area contributed by atoms with E-state index >= 15 is 0 Å². The molecule has 2 aromatic rings. The van der Waals surface area contributed by atoms with E-state index < -0.39 is 17.7 Å². The summed E-state index contributed by atoms with van der Waals surface area (Å²) in [5, 5.41) is 0. The van der Waals surface area contributed by atoms with E-state index in [1.807, 2.05) is 31.2 Å². The Balaban J connectivity index is 2.42. The average Bonchev–Trinajstić information content (AvgIpc) is 2.34. The number of benzene rings is 2. The van der Waals surface area contributed by atoms with Crippen LogP contribution >= 0.6 is 0 Å². The highest BCUT2D eigenvalue weighted by Crippen LogP contribution is 2.24. The molecule has 94 valence electrons. The van der Waals surface area contributed by atoms with E-state index in [9.17, 15) is 8.78 Å². The Hall–Kier alpha value is -1.74. The van der Waals surface area contributed by atoms with Gasteiger partial charge >= 0.3 is 0 Å². The van der Waals surface area contributed by atoms with Gasteiger partial charge in [-0.3, -0.25) is 0 Å². The molecule has 0 aliphatic carbocycles. The molecule has 0 heterocycles. The summed E-state index contributed by atoms with van der Waals surface area (Å²) in [5.41, 5.74) is 8.31. The minimum atomic E-state index is -0.652. The molecule has 3 heteroatoms. The van der Waals surface area contributed by atoms with Gasteiger partial charge in [-0.05, 0) is 37.1 Å². The molecular weight excluding hydrogens is 232 g/mol. The zero-order valence-corrected chi connectivity index (χ0v) is 10.4. The minimum Gasteiger partial charge on any atom is -0.320 e. The quantitative estimate of drug-likeness (QED) is 0.861. The van der Waals surface area contributed by atoms with E-state index in [2.05, 4.69) is 0 Å². The number of hydrogen-bond acceptors (Lipinski definition) is 1. The highest BCUT2D eigenvalue weighted by Gasteiger charge is 2.15. The molecule has 0 saturated carbocycles. The summed E-state index contributed by atoms with van der Waals surface area (Å²) in [6.45, 7) is 3.49. The van der Waals surface area contributed by atoms with E-state index in [1.54, 1.807) is 0 Å². The van der Waals surface area contributed by atoms with E-state index in [0.29, 0.717) is 0 Å². The fraction of sp³-hybridized carbons (Fsp3) is 0.200. The van der Waals surface area contributed by atoms with Crippen LogP contribution in [-0.4, -0.2) is 0 Å². The molecular formula is C15H15F2N. The van der Waals surface area contributed by atoms with Crippen LogP contribution in [0.15, 0.2) is 36.4 Å². The van der Waals surface area contributed by atoms with Gasteiger partial charge in [0.1, 0.15) is 11.6 Å². The zero-order chi connectivity index (χ0) is 13.3. The third-order valence-electron chi connectivity index (χ3n) is 3.05. The van der Waals surface area contributed by atoms with Crippen molar-refractivity contribution >= 4 is 0 Å². The van der Waals surface area contributed by atoms with Crippen molar-refractivity contribution in [3.05, 3.63) is 70.3 Å². The van der Waals surface area contributed by atoms with Crippen molar-refractivity contribution in [3.8, 4) is 0 Å². The van der Waals surface area contributed by atoms with Gasteiger partial charge in [0, 0.05) is 5.56 Å². The lowest BCUT2D eigenvalue weighted by Crippen LogP contribution is -2.14. The predicted molar refractivity (Wildman–Crippen MR) is 68.3 cm³/mol. The Bertz CT molecular complexity index is 561. The molecule has 0 aromatic heterocycles. The second-order valence-electron chi connectivity index (χ2n) is 4.51. The van der Waals surface area contributed by atoms with Gasteiger partial charge in [-0.2, -0.15) is 0 Å². The van der Waals surface area contributed by atoms with Crippen LogP contribution in [0.25, 0.3) is 0 Å². The minimum absolute atomic E-state index is 0.182. The molecule has 0 bridgehead atoms. The average molecular weight is 247 g/mol. The summed E-state index contributed by atoms with van der Waals surface area (Å²) in [7, 11) is 0. The Labute approximate surface area is 105 Å². The number of hydrogen-bond donors (Lipinski definition) is 1. The summed E-state index contributed by atoms with van der Waals surface area (Å²) in [5.74, 6) is -0.907. The van der Waals surface area contributed by atoms with Crippen LogP contribution in [0.3, 0.4) is 0 Å². The molecule has 1 atom stereocenters. The number of rotatable bonds is 2. The van der Waals surface area contributed by atoms with E-state index in [-0.39, 0.29) is 11.1 Å². The molecule has 0 aliphatic rings. The van der Waals surface area contributed by atoms with Gasteiger partial charge in [0.25, 0.3) is 0 Å². The smallest absolute Gasteiger partial charge is 0.128 e. The molecule has 2 N–H and O–H groups in total. The summed E-state index contributed by atoms with van der Waals surface area (Å²) >= 11 is 0. The molecule has 0 amide bonds. The molecule has 0 radical (unpaired) electrons. The van der Waals surface area contributed by atoms with Crippen LogP contribution < -0.4 is 5.73 Å². The van der Waals surface area contributed by atoms with Crippen molar-refractivity contribution < 1.29 is 8.78 Å². The summed E-state index contributed by atoms with van der Waals surface area (Å²) in [6, 6.07) is 9.16.